The number of fused-ring (bicyclic) bond motifs is 1. The third-order valence-corrected chi connectivity index (χ3v) is 8.38. The lowest BCUT2D eigenvalue weighted by Crippen LogP contribution is -2.51. The minimum absolute atomic E-state index is 0.0150. The first-order chi connectivity index (χ1) is 21.0. The summed E-state index contributed by atoms with van der Waals surface area (Å²) >= 11 is 1.44. The van der Waals surface area contributed by atoms with Crippen LogP contribution in [0.25, 0.3) is 21.3 Å². The van der Waals surface area contributed by atoms with Gasteiger partial charge in [0, 0.05) is 48.9 Å². The number of carbonyl (C=O) groups excluding carboxylic acids is 2. The molecule has 0 radical (unpaired) electrons. The van der Waals surface area contributed by atoms with Gasteiger partial charge in [0.2, 0.25) is 17.7 Å². The van der Waals surface area contributed by atoms with Gasteiger partial charge in [-0.2, -0.15) is 0 Å². The van der Waals surface area contributed by atoms with Crippen molar-refractivity contribution in [1.82, 2.24) is 19.9 Å². The van der Waals surface area contributed by atoms with E-state index in [1.54, 1.807) is 33.0 Å². The molecule has 2 aliphatic rings. The molecule has 4 aromatic rings. The summed E-state index contributed by atoms with van der Waals surface area (Å²) in [4.78, 5) is 42.8. The minimum Gasteiger partial charge on any atom is -0.444 e. The molecule has 2 aromatic carbocycles. The van der Waals surface area contributed by atoms with Gasteiger partial charge in [-0.25, -0.2) is 24.1 Å². The molecule has 44 heavy (non-hydrogen) atoms. The number of aryl methyl sites for hydroxylation is 1. The first-order valence-corrected chi connectivity index (χ1v) is 15.5. The van der Waals surface area contributed by atoms with Crippen molar-refractivity contribution >= 4 is 45.7 Å². The van der Waals surface area contributed by atoms with Crippen molar-refractivity contribution in [3.63, 3.8) is 0 Å². The third kappa shape index (κ3) is 6.45. The van der Waals surface area contributed by atoms with Crippen LogP contribution in [0.4, 0.5) is 20.8 Å². The second kappa shape index (κ2) is 12.0. The van der Waals surface area contributed by atoms with E-state index >= 15 is 0 Å². The largest absolute Gasteiger partial charge is 0.444 e. The Labute approximate surface area is 259 Å². The number of thiazole rings is 1. The number of halogens is 1. The molecule has 4 heterocycles. The van der Waals surface area contributed by atoms with E-state index in [2.05, 4.69) is 15.3 Å². The van der Waals surface area contributed by atoms with Gasteiger partial charge in [-0.15, -0.1) is 11.3 Å². The number of benzene rings is 2. The number of hydrogen-bond acceptors (Lipinski definition) is 9. The molecule has 0 spiro atoms. The molecule has 2 aliphatic heterocycles. The van der Waals surface area contributed by atoms with E-state index in [4.69, 9.17) is 14.5 Å². The van der Waals surface area contributed by atoms with Crippen LogP contribution in [0.3, 0.4) is 0 Å². The van der Waals surface area contributed by atoms with Crippen molar-refractivity contribution in [3.05, 3.63) is 53.7 Å². The topological polar surface area (TPSA) is 110 Å². The van der Waals surface area contributed by atoms with Gasteiger partial charge < -0.3 is 24.6 Å². The Morgan fingerprint density at radius 1 is 1.09 bits per heavy atom. The highest BCUT2D eigenvalue weighted by Crippen LogP contribution is 2.41. The zero-order chi connectivity index (χ0) is 31.0. The first-order valence-electron chi connectivity index (χ1n) is 14.7. The van der Waals surface area contributed by atoms with E-state index in [1.165, 1.54) is 16.2 Å². The van der Waals surface area contributed by atoms with Crippen molar-refractivity contribution in [1.29, 1.82) is 0 Å². The van der Waals surface area contributed by atoms with E-state index in [1.807, 2.05) is 48.2 Å². The number of amides is 2. The molecule has 1 N–H and O–H groups in total. The predicted octanol–water partition coefficient (Wildman–Crippen LogP) is 6.74. The first kappa shape index (κ1) is 29.7. The smallest absolute Gasteiger partial charge is 0.410 e. The normalized spacial score (nSPS) is 19.0. The molecule has 230 valence electrons. The zero-order valence-corrected chi connectivity index (χ0v) is 26.0. The lowest BCUT2D eigenvalue weighted by Gasteiger charge is -2.36. The average Bonchev–Trinajstić information content (AvgIpc) is 3.56. The number of piperidine rings is 1. The minimum atomic E-state index is -1.20. The van der Waals surface area contributed by atoms with E-state index < -0.39 is 23.9 Å². The summed E-state index contributed by atoms with van der Waals surface area (Å²) in [5.74, 6) is 1.47. The summed E-state index contributed by atoms with van der Waals surface area (Å²) in [7, 11) is 0. The van der Waals surface area contributed by atoms with Crippen LogP contribution >= 0.6 is 11.3 Å². The quantitative estimate of drug-likeness (QED) is 0.253. The molecule has 2 fully saturated rings. The number of carbonyl (C=O) groups is 2. The molecule has 10 nitrogen and oxygen atoms in total. The van der Waals surface area contributed by atoms with Gasteiger partial charge in [0.15, 0.2) is 0 Å². The highest BCUT2D eigenvalue weighted by molar-refractivity contribution is 7.15. The maximum atomic E-state index is 14.7. The van der Waals surface area contributed by atoms with Gasteiger partial charge in [-0.1, -0.05) is 24.3 Å². The fraction of sp³-hybridized carbons (Fsp3) is 0.406. The van der Waals surface area contributed by atoms with Crippen LogP contribution in [-0.4, -0.2) is 69.3 Å². The summed E-state index contributed by atoms with van der Waals surface area (Å²) in [5.41, 5.74) is 0.803. The lowest BCUT2D eigenvalue weighted by atomic mass is 10.0. The maximum Gasteiger partial charge on any atom is 0.410 e. The number of alkyl halides is 1. The molecule has 0 unspecified atom stereocenters. The van der Waals surface area contributed by atoms with Gasteiger partial charge in [-0.05, 0) is 52.3 Å². The number of ether oxygens (including phenoxy) is 2. The highest BCUT2D eigenvalue weighted by atomic mass is 32.1. The van der Waals surface area contributed by atoms with Crippen LogP contribution in [0.1, 0.15) is 45.0 Å². The van der Waals surface area contributed by atoms with Gasteiger partial charge in [-0.3, -0.25) is 4.79 Å². The van der Waals surface area contributed by atoms with Crippen LogP contribution in [0.15, 0.2) is 48.7 Å². The Hall–Kier alpha value is -4.32. The molecule has 0 saturated carbocycles. The summed E-state index contributed by atoms with van der Waals surface area (Å²) in [6.07, 6.45) is 1.50. The van der Waals surface area contributed by atoms with E-state index in [-0.39, 0.29) is 25.4 Å². The van der Waals surface area contributed by atoms with Crippen LogP contribution in [0.2, 0.25) is 0 Å². The number of anilines is 2. The predicted molar refractivity (Wildman–Crippen MR) is 168 cm³/mol. The third-order valence-electron chi connectivity index (χ3n) is 7.41. The number of rotatable bonds is 6. The Bertz CT molecular complexity index is 1710. The Kier molecular flexibility index (Phi) is 8.10. The van der Waals surface area contributed by atoms with Gasteiger partial charge in [0.25, 0.3) is 0 Å². The van der Waals surface area contributed by atoms with Crippen molar-refractivity contribution in [3.8, 4) is 22.2 Å². The van der Waals surface area contributed by atoms with E-state index in [0.717, 1.165) is 32.8 Å². The van der Waals surface area contributed by atoms with Gasteiger partial charge in [0.05, 0.1) is 22.9 Å². The number of nitrogens with one attached hydrogen (secondary N) is 1. The van der Waals surface area contributed by atoms with Crippen molar-refractivity contribution in [2.45, 2.75) is 64.8 Å². The molecule has 12 heteroatoms. The second-order valence-electron chi connectivity index (χ2n) is 12.1. The zero-order valence-electron chi connectivity index (χ0n) is 25.2. The number of aromatic nitrogens is 3. The summed E-state index contributed by atoms with van der Waals surface area (Å²) in [6, 6.07) is 13.0. The number of likely N-dealkylation sites (tertiary alicyclic amines) is 1. The molecular weight excluding hydrogens is 583 g/mol. The molecule has 2 amide bonds. The summed E-state index contributed by atoms with van der Waals surface area (Å²) in [5, 5.41) is 5.81. The van der Waals surface area contributed by atoms with Gasteiger partial charge in [0.1, 0.15) is 22.4 Å². The molecule has 0 aliphatic carbocycles. The molecular formula is C32H35FN6O4S. The standard InChI is InChI=1S/C32H35FN6O4S/c1-19-35-29(42-26-12-11-25(39-15-7-10-27(39)40)22-8-5-6-9-23(22)26)28(44-19)24-13-14-34-30(37-24)36-21-16-20(33)17-38(18-21)31(41)43-32(2,3)4/h5-6,8-9,11-14,20-21H,7,10,15-18H2,1-4H3,(H,34,36,37)/t20-,21-/m0/s1. The van der Waals surface area contributed by atoms with Crippen LogP contribution in [-0.2, 0) is 9.53 Å². The lowest BCUT2D eigenvalue weighted by molar-refractivity contribution is -0.117. The summed E-state index contributed by atoms with van der Waals surface area (Å²) < 4.78 is 26.5. The monoisotopic (exact) mass is 618 g/mol. The van der Waals surface area contributed by atoms with Crippen LogP contribution in [0.5, 0.6) is 11.6 Å². The SMILES string of the molecule is Cc1nc(Oc2ccc(N3CCCC3=O)c3ccccc23)c(-c2ccnc(N[C@H]3C[C@H](F)CN(C(=O)OC(C)(C)C)C3)n2)s1. The fourth-order valence-electron chi connectivity index (χ4n) is 5.58. The van der Waals surface area contributed by atoms with Crippen LogP contribution < -0.4 is 15.0 Å². The summed E-state index contributed by atoms with van der Waals surface area (Å²) in [6.45, 7) is 8.20. The average molecular weight is 619 g/mol. The highest BCUT2D eigenvalue weighted by Gasteiger charge is 2.33. The Balaban J connectivity index is 1.24. The van der Waals surface area contributed by atoms with E-state index in [0.29, 0.717) is 36.2 Å². The molecule has 2 saturated heterocycles. The Morgan fingerprint density at radius 3 is 2.64 bits per heavy atom. The molecule has 0 bridgehead atoms. The number of nitrogens with zero attached hydrogens (tertiary/aromatic N) is 5. The van der Waals surface area contributed by atoms with Crippen molar-refractivity contribution in [2.75, 3.05) is 29.9 Å². The van der Waals surface area contributed by atoms with Crippen molar-refractivity contribution in [2.24, 2.45) is 0 Å². The molecule has 2 atom stereocenters. The van der Waals surface area contributed by atoms with Gasteiger partial charge >= 0.3 is 6.09 Å². The molecule has 6 rings (SSSR count). The van der Waals surface area contributed by atoms with Crippen LogP contribution in [0, 0.1) is 6.92 Å². The van der Waals surface area contributed by atoms with Crippen molar-refractivity contribution < 1.29 is 23.5 Å². The Morgan fingerprint density at radius 2 is 1.89 bits per heavy atom. The number of hydrogen-bond donors (Lipinski definition) is 1. The fourth-order valence-corrected chi connectivity index (χ4v) is 6.40. The maximum absolute atomic E-state index is 14.7. The second-order valence-corrected chi connectivity index (χ2v) is 13.3. The molecule has 2 aromatic heterocycles. The van der Waals surface area contributed by atoms with E-state index in [9.17, 15) is 14.0 Å².